The van der Waals surface area contributed by atoms with Crippen molar-refractivity contribution >= 4 is 11.7 Å². The molecular formula is C17H22N2O2. The summed E-state index contributed by atoms with van der Waals surface area (Å²) in [6, 6.07) is 4.20. The van der Waals surface area contributed by atoms with Crippen LogP contribution in [0.4, 0.5) is 4.79 Å². The van der Waals surface area contributed by atoms with Crippen LogP contribution in [0.3, 0.4) is 0 Å². The lowest BCUT2D eigenvalue weighted by molar-refractivity contribution is 0.0253. The Morgan fingerprint density at radius 3 is 2.90 bits per heavy atom. The number of ether oxygens (including phenoxy) is 1. The van der Waals surface area contributed by atoms with Crippen LogP contribution < -0.4 is 0 Å². The van der Waals surface area contributed by atoms with Gasteiger partial charge < -0.3 is 9.64 Å². The summed E-state index contributed by atoms with van der Waals surface area (Å²) >= 11 is 0. The first-order chi connectivity index (χ1) is 9.92. The van der Waals surface area contributed by atoms with E-state index in [-0.39, 0.29) is 12.1 Å². The average molecular weight is 286 g/mol. The number of amides is 1. The van der Waals surface area contributed by atoms with E-state index >= 15 is 0 Å². The molecule has 1 aromatic heterocycles. The van der Waals surface area contributed by atoms with Gasteiger partial charge in [0.1, 0.15) is 5.60 Å². The number of hydrogen-bond donors (Lipinski definition) is 0. The van der Waals surface area contributed by atoms with E-state index in [1.54, 1.807) is 6.20 Å². The highest BCUT2D eigenvalue weighted by Gasteiger charge is 2.39. The Morgan fingerprint density at radius 2 is 2.24 bits per heavy atom. The molecule has 1 fully saturated rings. The molecule has 1 saturated heterocycles. The maximum absolute atomic E-state index is 12.3. The molecule has 0 spiro atoms. The number of carbonyl (C=O) groups excluding carboxylic acids is 1. The number of rotatable bonds is 1. The third-order valence-electron chi connectivity index (χ3n) is 3.99. The Balaban J connectivity index is 1.78. The number of fused-ring (bicyclic) bond motifs is 2. The quantitative estimate of drug-likeness (QED) is 0.793. The second kappa shape index (κ2) is 5.17. The molecule has 1 amide bonds. The van der Waals surface area contributed by atoms with Crippen molar-refractivity contribution in [2.24, 2.45) is 5.92 Å². The third kappa shape index (κ3) is 3.09. The summed E-state index contributed by atoms with van der Waals surface area (Å²) in [6.45, 7) is 6.51. The van der Waals surface area contributed by atoms with Crippen molar-refractivity contribution in [3.05, 3.63) is 36.2 Å². The standard InChI is InChI=1S/C17H22N2O2/c1-17(2,3)21-16(20)19-11-12-7-14(9-15(19)8-12)13-5-4-6-18-10-13/h4-6,9-10,12,15H,7-8,11H2,1-3H3. The zero-order valence-electron chi connectivity index (χ0n) is 12.9. The predicted molar refractivity (Wildman–Crippen MR) is 81.7 cm³/mol. The first-order valence-electron chi connectivity index (χ1n) is 7.53. The normalized spacial score (nSPS) is 24.7. The van der Waals surface area contributed by atoms with Crippen molar-refractivity contribution in [2.75, 3.05) is 6.54 Å². The van der Waals surface area contributed by atoms with Gasteiger partial charge in [-0.1, -0.05) is 12.1 Å². The first kappa shape index (κ1) is 14.1. The summed E-state index contributed by atoms with van der Waals surface area (Å²) in [5, 5.41) is 0. The van der Waals surface area contributed by atoms with E-state index in [2.05, 4.69) is 17.1 Å². The van der Waals surface area contributed by atoms with Crippen LogP contribution >= 0.6 is 0 Å². The molecular weight excluding hydrogens is 264 g/mol. The highest BCUT2D eigenvalue weighted by molar-refractivity contribution is 5.73. The van der Waals surface area contributed by atoms with E-state index in [9.17, 15) is 4.79 Å². The Hall–Kier alpha value is -1.84. The summed E-state index contributed by atoms with van der Waals surface area (Å²) in [5.74, 6) is 0.530. The van der Waals surface area contributed by atoms with Gasteiger partial charge >= 0.3 is 6.09 Å². The zero-order chi connectivity index (χ0) is 15.0. The van der Waals surface area contributed by atoms with Crippen LogP contribution in [-0.4, -0.2) is 34.2 Å². The average Bonchev–Trinajstić information content (AvgIpc) is 2.72. The van der Waals surface area contributed by atoms with Crippen molar-refractivity contribution in [1.29, 1.82) is 0 Å². The molecule has 2 atom stereocenters. The zero-order valence-corrected chi connectivity index (χ0v) is 12.9. The second-order valence-electron chi connectivity index (χ2n) is 6.94. The van der Waals surface area contributed by atoms with Crippen LogP contribution in [0.2, 0.25) is 0 Å². The molecule has 2 unspecified atom stereocenters. The summed E-state index contributed by atoms with van der Waals surface area (Å²) < 4.78 is 5.52. The smallest absolute Gasteiger partial charge is 0.410 e. The lowest BCUT2D eigenvalue weighted by Gasteiger charge is -2.27. The third-order valence-corrected chi connectivity index (χ3v) is 3.99. The second-order valence-corrected chi connectivity index (χ2v) is 6.94. The van der Waals surface area contributed by atoms with E-state index in [0.717, 1.165) is 19.4 Å². The highest BCUT2D eigenvalue weighted by atomic mass is 16.6. The van der Waals surface area contributed by atoms with E-state index in [1.165, 1.54) is 11.1 Å². The van der Waals surface area contributed by atoms with Gasteiger partial charge in [0.05, 0.1) is 6.04 Å². The van der Waals surface area contributed by atoms with Crippen LogP contribution in [0.1, 0.15) is 39.2 Å². The van der Waals surface area contributed by atoms with Crippen molar-refractivity contribution in [3.63, 3.8) is 0 Å². The molecule has 1 aliphatic carbocycles. The number of carbonyl (C=O) groups is 1. The maximum atomic E-state index is 12.3. The molecule has 4 heteroatoms. The first-order valence-corrected chi connectivity index (χ1v) is 7.53. The summed E-state index contributed by atoms with van der Waals surface area (Å²) in [6.07, 6.45) is 7.76. The Bertz CT molecular complexity index is 560. The molecule has 4 nitrogen and oxygen atoms in total. The van der Waals surface area contributed by atoms with Crippen molar-refractivity contribution in [2.45, 2.75) is 45.3 Å². The van der Waals surface area contributed by atoms with E-state index in [4.69, 9.17) is 4.74 Å². The number of likely N-dealkylation sites (tertiary alicyclic amines) is 1. The lowest BCUT2D eigenvalue weighted by Crippen LogP contribution is -2.39. The van der Waals surface area contributed by atoms with Crippen LogP contribution in [0.25, 0.3) is 5.57 Å². The molecule has 3 rings (SSSR count). The molecule has 1 aliphatic heterocycles. The molecule has 0 aromatic carbocycles. The Morgan fingerprint density at radius 1 is 1.43 bits per heavy atom. The van der Waals surface area contributed by atoms with Gasteiger partial charge in [-0.25, -0.2) is 4.79 Å². The van der Waals surface area contributed by atoms with E-state index in [0.29, 0.717) is 5.92 Å². The van der Waals surface area contributed by atoms with E-state index < -0.39 is 5.60 Å². The molecule has 1 aromatic rings. The van der Waals surface area contributed by atoms with Gasteiger partial charge in [0.2, 0.25) is 0 Å². The topological polar surface area (TPSA) is 42.4 Å². The Labute approximate surface area is 125 Å². The molecule has 0 radical (unpaired) electrons. The van der Waals surface area contributed by atoms with E-state index in [1.807, 2.05) is 37.9 Å². The minimum absolute atomic E-state index is 0.161. The summed E-state index contributed by atoms with van der Waals surface area (Å²) in [4.78, 5) is 18.4. The molecule has 2 heterocycles. The molecule has 0 N–H and O–H groups in total. The lowest BCUT2D eigenvalue weighted by atomic mass is 9.87. The monoisotopic (exact) mass is 286 g/mol. The van der Waals surface area contributed by atoms with Crippen LogP contribution in [0.15, 0.2) is 30.6 Å². The van der Waals surface area contributed by atoms with Crippen molar-refractivity contribution < 1.29 is 9.53 Å². The minimum Gasteiger partial charge on any atom is -0.444 e. The van der Waals surface area contributed by atoms with Gasteiger partial charge in [-0.3, -0.25) is 4.98 Å². The fourth-order valence-corrected chi connectivity index (χ4v) is 3.17. The largest absolute Gasteiger partial charge is 0.444 e. The fraction of sp³-hybridized carbons (Fsp3) is 0.529. The van der Waals surface area contributed by atoms with Gasteiger partial charge in [-0.05, 0) is 56.7 Å². The molecule has 2 aliphatic rings. The van der Waals surface area contributed by atoms with Crippen LogP contribution in [-0.2, 0) is 4.74 Å². The van der Waals surface area contributed by atoms with Gasteiger partial charge in [0.15, 0.2) is 0 Å². The maximum Gasteiger partial charge on any atom is 0.410 e. The van der Waals surface area contributed by atoms with Crippen molar-refractivity contribution in [1.82, 2.24) is 9.88 Å². The number of hydrogen-bond acceptors (Lipinski definition) is 3. The predicted octanol–water partition coefficient (Wildman–Crippen LogP) is 3.49. The SMILES string of the molecule is CC(C)(C)OC(=O)N1CC2CC(c3cccnc3)=CC1C2. The van der Waals surface area contributed by atoms with Crippen LogP contribution in [0.5, 0.6) is 0 Å². The molecule has 2 bridgehead atoms. The minimum atomic E-state index is -0.441. The number of nitrogens with zero attached hydrogens (tertiary/aromatic N) is 2. The number of pyridine rings is 1. The summed E-state index contributed by atoms with van der Waals surface area (Å²) in [7, 11) is 0. The highest BCUT2D eigenvalue weighted by Crippen LogP contribution is 2.39. The molecule has 0 saturated carbocycles. The van der Waals surface area contributed by atoms with Crippen molar-refractivity contribution in [3.8, 4) is 0 Å². The molecule has 112 valence electrons. The van der Waals surface area contributed by atoms with Gasteiger partial charge in [-0.2, -0.15) is 0 Å². The number of allylic oxidation sites excluding steroid dienone is 1. The van der Waals surface area contributed by atoms with Gasteiger partial charge in [0.25, 0.3) is 0 Å². The van der Waals surface area contributed by atoms with Crippen LogP contribution in [0, 0.1) is 5.92 Å². The van der Waals surface area contributed by atoms with Gasteiger partial charge in [0, 0.05) is 18.9 Å². The number of aromatic nitrogens is 1. The summed E-state index contributed by atoms with van der Waals surface area (Å²) in [5.41, 5.74) is 2.03. The Kier molecular flexibility index (Phi) is 3.47. The molecule has 21 heavy (non-hydrogen) atoms. The fourth-order valence-electron chi connectivity index (χ4n) is 3.17. The van der Waals surface area contributed by atoms with Gasteiger partial charge in [-0.15, -0.1) is 0 Å².